The average Bonchev–Trinajstić information content (AvgIpc) is 3.75. The average molecular weight is 495 g/mol. The Morgan fingerprint density at radius 2 is 1.97 bits per heavy atom. The zero-order valence-electron chi connectivity index (χ0n) is 22.2. The fourth-order valence-corrected chi connectivity index (χ4v) is 5.86. The minimum Gasteiger partial charge on any atom is -0.466 e. The van der Waals surface area contributed by atoms with Gasteiger partial charge >= 0.3 is 5.97 Å². The van der Waals surface area contributed by atoms with Crippen LogP contribution in [0.2, 0.25) is 0 Å². The van der Waals surface area contributed by atoms with Crippen LogP contribution >= 0.6 is 0 Å². The number of anilines is 1. The highest BCUT2D eigenvalue weighted by Crippen LogP contribution is 2.46. The quantitative estimate of drug-likeness (QED) is 0.558. The molecule has 2 aliphatic heterocycles. The SMILES string of the molecule is CCOC(=O)[C@@H]1C[C@H]1C(=O)N1CCN(c2nc(C3CC3)c3c(c2C#N)CC(C)(C)OC3)CC1C(C)C. The van der Waals surface area contributed by atoms with Crippen LogP contribution in [0.5, 0.6) is 0 Å². The van der Waals surface area contributed by atoms with Crippen molar-refractivity contribution in [2.75, 3.05) is 31.1 Å². The second-order valence-electron chi connectivity index (χ2n) is 11.8. The first-order valence-corrected chi connectivity index (χ1v) is 13.5. The second-order valence-corrected chi connectivity index (χ2v) is 11.8. The summed E-state index contributed by atoms with van der Waals surface area (Å²) in [5.41, 5.74) is 3.66. The standard InChI is InChI=1S/C28H38N4O4/c1-6-35-27(34)19-11-18(19)26(33)32-10-9-31(14-23(32)16(2)3)25-21(13-29)20-12-28(4,5)36-15-22(20)24(30-25)17-7-8-17/h16-19,23H,6-12,14-15H2,1-5H3/t18-,19-,23?/m1/s1. The van der Waals surface area contributed by atoms with E-state index >= 15 is 0 Å². The lowest BCUT2D eigenvalue weighted by Crippen LogP contribution is -2.58. The van der Waals surface area contributed by atoms with Gasteiger partial charge in [-0.25, -0.2) is 4.98 Å². The summed E-state index contributed by atoms with van der Waals surface area (Å²) in [6.07, 6.45) is 3.54. The first-order chi connectivity index (χ1) is 17.1. The van der Waals surface area contributed by atoms with Crippen LogP contribution < -0.4 is 4.90 Å². The summed E-state index contributed by atoms with van der Waals surface area (Å²) in [6.45, 7) is 12.9. The molecule has 2 aliphatic carbocycles. The number of hydrogen-bond donors (Lipinski definition) is 0. The third kappa shape index (κ3) is 4.58. The van der Waals surface area contributed by atoms with E-state index in [2.05, 4.69) is 38.7 Å². The molecule has 0 radical (unpaired) electrons. The van der Waals surface area contributed by atoms with Crippen molar-refractivity contribution in [2.24, 2.45) is 17.8 Å². The summed E-state index contributed by atoms with van der Waals surface area (Å²) in [6, 6.07) is 2.48. The minimum absolute atomic E-state index is 0.0109. The Morgan fingerprint density at radius 1 is 1.22 bits per heavy atom. The topological polar surface area (TPSA) is 95.8 Å². The molecule has 1 aromatic rings. The van der Waals surface area contributed by atoms with Crippen molar-refractivity contribution in [1.29, 1.82) is 5.26 Å². The van der Waals surface area contributed by atoms with Crippen LogP contribution in [0.3, 0.4) is 0 Å². The highest BCUT2D eigenvalue weighted by Gasteiger charge is 2.52. The summed E-state index contributed by atoms with van der Waals surface area (Å²) >= 11 is 0. The number of aromatic nitrogens is 1. The maximum absolute atomic E-state index is 13.4. The lowest BCUT2D eigenvalue weighted by atomic mass is 9.87. The van der Waals surface area contributed by atoms with Crippen LogP contribution in [0.1, 0.15) is 82.2 Å². The van der Waals surface area contributed by atoms with Gasteiger partial charge in [0.05, 0.1) is 47.9 Å². The monoisotopic (exact) mass is 494 g/mol. The fourth-order valence-electron chi connectivity index (χ4n) is 5.86. The Labute approximate surface area is 213 Å². The van der Waals surface area contributed by atoms with Crippen molar-refractivity contribution < 1.29 is 19.1 Å². The molecule has 5 rings (SSSR count). The third-order valence-electron chi connectivity index (χ3n) is 8.18. The van der Waals surface area contributed by atoms with Crippen molar-refractivity contribution in [3.05, 3.63) is 22.4 Å². The number of hydrogen-bond acceptors (Lipinski definition) is 7. The van der Waals surface area contributed by atoms with Gasteiger partial charge < -0.3 is 19.3 Å². The van der Waals surface area contributed by atoms with Crippen LogP contribution in [0, 0.1) is 29.1 Å². The van der Waals surface area contributed by atoms with Crippen molar-refractivity contribution in [3.8, 4) is 6.07 Å². The van der Waals surface area contributed by atoms with Crippen molar-refractivity contribution in [3.63, 3.8) is 0 Å². The molecule has 2 saturated carbocycles. The van der Waals surface area contributed by atoms with Gasteiger partial charge in [-0.05, 0) is 51.5 Å². The number of piperazine rings is 1. The molecule has 0 bridgehead atoms. The van der Waals surface area contributed by atoms with Gasteiger partial charge in [0, 0.05) is 37.5 Å². The van der Waals surface area contributed by atoms with Gasteiger partial charge in [0.2, 0.25) is 5.91 Å². The zero-order chi connectivity index (χ0) is 25.8. The van der Waals surface area contributed by atoms with E-state index in [1.54, 1.807) is 6.92 Å². The highest BCUT2D eigenvalue weighted by molar-refractivity contribution is 5.90. The zero-order valence-corrected chi connectivity index (χ0v) is 22.2. The second kappa shape index (κ2) is 9.33. The Balaban J connectivity index is 1.42. The van der Waals surface area contributed by atoms with E-state index in [0.717, 1.165) is 35.5 Å². The smallest absolute Gasteiger partial charge is 0.309 e. The highest BCUT2D eigenvalue weighted by atomic mass is 16.5. The Morgan fingerprint density at radius 3 is 2.61 bits per heavy atom. The van der Waals surface area contributed by atoms with E-state index in [1.807, 2.05) is 4.90 Å². The van der Waals surface area contributed by atoms with E-state index in [-0.39, 0.29) is 41.3 Å². The van der Waals surface area contributed by atoms with Gasteiger partial charge in [-0.2, -0.15) is 5.26 Å². The maximum Gasteiger partial charge on any atom is 0.309 e. The molecule has 1 unspecified atom stereocenters. The molecule has 3 fully saturated rings. The van der Waals surface area contributed by atoms with Gasteiger partial charge in [-0.3, -0.25) is 9.59 Å². The number of ether oxygens (including phenoxy) is 2. The number of rotatable bonds is 6. The van der Waals surface area contributed by atoms with Gasteiger partial charge in [-0.15, -0.1) is 0 Å². The lowest BCUT2D eigenvalue weighted by molar-refractivity contribution is -0.147. The summed E-state index contributed by atoms with van der Waals surface area (Å²) < 4.78 is 11.3. The van der Waals surface area contributed by atoms with E-state index in [4.69, 9.17) is 14.5 Å². The molecule has 36 heavy (non-hydrogen) atoms. The number of nitrogens with zero attached hydrogens (tertiary/aromatic N) is 4. The number of nitriles is 1. The summed E-state index contributed by atoms with van der Waals surface area (Å²) in [5.74, 6) is 0.683. The van der Waals surface area contributed by atoms with Gasteiger partial charge in [-0.1, -0.05) is 13.8 Å². The Kier molecular flexibility index (Phi) is 6.48. The van der Waals surface area contributed by atoms with E-state index in [0.29, 0.717) is 57.2 Å². The molecule has 3 atom stereocenters. The molecule has 1 saturated heterocycles. The molecule has 3 heterocycles. The van der Waals surface area contributed by atoms with Crippen molar-refractivity contribution in [1.82, 2.24) is 9.88 Å². The number of carbonyl (C=O) groups is 2. The molecule has 0 aromatic carbocycles. The van der Waals surface area contributed by atoms with Crippen LogP contribution in [0.15, 0.2) is 0 Å². The first kappa shape index (κ1) is 25.0. The molecule has 194 valence electrons. The van der Waals surface area contributed by atoms with Crippen LogP contribution in [-0.2, 0) is 32.1 Å². The van der Waals surface area contributed by atoms with Gasteiger partial charge in [0.25, 0.3) is 0 Å². The first-order valence-electron chi connectivity index (χ1n) is 13.5. The predicted molar refractivity (Wildman–Crippen MR) is 134 cm³/mol. The normalized spacial score (nSPS) is 26.9. The maximum atomic E-state index is 13.4. The van der Waals surface area contributed by atoms with Crippen molar-refractivity contribution in [2.45, 2.75) is 84.5 Å². The van der Waals surface area contributed by atoms with Crippen LogP contribution in [-0.4, -0.2) is 59.6 Å². The molecule has 0 spiro atoms. The Hall–Kier alpha value is -2.66. The summed E-state index contributed by atoms with van der Waals surface area (Å²) in [7, 11) is 0. The summed E-state index contributed by atoms with van der Waals surface area (Å²) in [4.78, 5) is 34.8. The Bertz CT molecular complexity index is 1100. The van der Waals surface area contributed by atoms with E-state index in [9.17, 15) is 14.9 Å². The number of amides is 1. The fraction of sp³-hybridized carbons (Fsp3) is 0.714. The largest absolute Gasteiger partial charge is 0.466 e. The molecule has 0 N–H and O–H groups in total. The lowest BCUT2D eigenvalue weighted by Gasteiger charge is -2.45. The van der Waals surface area contributed by atoms with Crippen molar-refractivity contribution >= 4 is 17.7 Å². The molecule has 8 nitrogen and oxygen atoms in total. The molecule has 1 amide bonds. The molecular formula is C28H38N4O4. The number of esters is 1. The minimum atomic E-state index is -0.316. The van der Waals surface area contributed by atoms with E-state index in [1.165, 1.54) is 0 Å². The number of fused-ring (bicyclic) bond motifs is 1. The van der Waals surface area contributed by atoms with Crippen LogP contribution in [0.25, 0.3) is 0 Å². The van der Waals surface area contributed by atoms with Crippen LogP contribution in [0.4, 0.5) is 5.82 Å². The molecule has 8 heteroatoms. The molecule has 4 aliphatic rings. The predicted octanol–water partition coefficient (Wildman–Crippen LogP) is 3.55. The van der Waals surface area contributed by atoms with Gasteiger partial charge in [0.1, 0.15) is 11.9 Å². The third-order valence-corrected chi connectivity index (χ3v) is 8.18. The van der Waals surface area contributed by atoms with E-state index < -0.39 is 0 Å². The van der Waals surface area contributed by atoms with Gasteiger partial charge in [0.15, 0.2) is 0 Å². The summed E-state index contributed by atoms with van der Waals surface area (Å²) in [5, 5.41) is 10.3. The number of pyridine rings is 1. The molecule has 1 aromatic heterocycles. The number of carbonyl (C=O) groups excluding carboxylic acids is 2. The molecular weight excluding hydrogens is 456 g/mol.